The Morgan fingerprint density at radius 1 is 1.07 bits per heavy atom. The zero-order valence-electron chi connectivity index (χ0n) is 15.8. The first-order chi connectivity index (χ1) is 13.6. The maximum Gasteiger partial charge on any atom is 0.416 e. The Balaban J connectivity index is 2.35. The molecule has 0 fully saturated rings. The second-order valence-electron chi connectivity index (χ2n) is 5.95. The van der Waals surface area contributed by atoms with Gasteiger partial charge in [0, 0.05) is 11.3 Å². The van der Waals surface area contributed by atoms with Crippen molar-refractivity contribution >= 4 is 17.5 Å². The molecule has 0 atom stereocenters. The van der Waals surface area contributed by atoms with Gasteiger partial charge < -0.3 is 25.3 Å². The van der Waals surface area contributed by atoms with Crippen LogP contribution in [0.3, 0.4) is 0 Å². The van der Waals surface area contributed by atoms with Crippen molar-refractivity contribution in [2.45, 2.75) is 13.1 Å². The summed E-state index contributed by atoms with van der Waals surface area (Å²) in [5.41, 5.74) is 4.25. The van der Waals surface area contributed by atoms with Crippen LogP contribution in [0.15, 0.2) is 30.3 Å². The molecule has 3 N–H and O–H groups in total. The topological polar surface area (TPSA) is 99.9 Å². The third-order valence-corrected chi connectivity index (χ3v) is 3.88. The van der Waals surface area contributed by atoms with Crippen molar-refractivity contribution in [1.82, 2.24) is 0 Å². The van der Waals surface area contributed by atoms with Gasteiger partial charge in [-0.3, -0.25) is 9.59 Å². The minimum absolute atomic E-state index is 0.0279. The summed E-state index contributed by atoms with van der Waals surface area (Å²) in [7, 11) is 2.62. The molecule has 0 bridgehead atoms. The average molecular weight is 412 g/mol. The van der Waals surface area contributed by atoms with E-state index in [-0.39, 0.29) is 34.1 Å². The van der Waals surface area contributed by atoms with Gasteiger partial charge in [0.1, 0.15) is 0 Å². The minimum Gasteiger partial charge on any atom is -0.493 e. The lowest BCUT2D eigenvalue weighted by molar-refractivity contribution is -0.138. The Kier molecular flexibility index (Phi) is 6.57. The summed E-state index contributed by atoms with van der Waals surface area (Å²) in [5.74, 6) is -1.21. The van der Waals surface area contributed by atoms with Crippen LogP contribution in [0.1, 0.15) is 21.5 Å². The van der Waals surface area contributed by atoms with E-state index in [1.807, 2.05) is 0 Å². The quantitative estimate of drug-likeness (QED) is 0.728. The highest BCUT2D eigenvalue weighted by Crippen LogP contribution is 2.39. The van der Waals surface area contributed by atoms with E-state index in [1.165, 1.54) is 45.4 Å². The fraction of sp³-hybridized carbons (Fsp3) is 0.263. The molecule has 0 aliphatic heterocycles. The highest BCUT2D eigenvalue weighted by atomic mass is 19.4. The van der Waals surface area contributed by atoms with Crippen LogP contribution in [0, 0.1) is 6.92 Å². The molecule has 0 spiro atoms. The fourth-order valence-corrected chi connectivity index (χ4v) is 2.50. The van der Waals surface area contributed by atoms with E-state index in [4.69, 9.17) is 19.9 Å². The number of aryl methyl sites for hydroxylation is 1. The molecule has 2 amide bonds. The number of primary amides is 1. The van der Waals surface area contributed by atoms with E-state index >= 15 is 0 Å². The van der Waals surface area contributed by atoms with Gasteiger partial charge in [-0.05, 0) is 36.8 Å². The number of anilines is 1. The highest BCUT2D eigenvalue weighted by molar-refractivity contribution is 6.05. The summed E-state index contributed by atoms with van der Waals surface area (Å²) < 4.78 is 54.8. The van der Waals surface area contributed by atoms with Gasteiger partial charge in [0.05, 0.1) is 19.8 Å². The van der Waals surface area contributed by atoms with Crippen molar-refractivity contribution in [3.8, 4) is 17.2 Å². The van der Waals surface area contributed by atoms with Crippen LogP contribution < -0.4 is 25.3 Å². The molecule has 29 heavy (non-hydrogen) atoms. The standard InChI is InChI=1S/C19H19F3N2O5/c1-10-4-5-12(8-13(10)19(20,21)22)24-18(26)11-6-14(27-2)17(15(7-11)28-3)29-9-16(23)25/h4-8H,9H2,1-3H3,(H2,23,25)(H,24,26). The maximum atomic E-state index is 13.1. The van der Waals surface area contributed by atoms with Crippen molar-refractivity contribution in [1.29, 1.82) is 0 Å². The number of hydrogen-bond donors (Lipinski definition) is 2. The molecule has 0 radical (unpaired) electrons. The first kappa shape index (κ1) is 21.9. The Morgan fingerprint density at radius 2 is 1.66 bits per heavy atom. The number of carbonyl (C=O) groups is 2. The van der Waals surface area contributed by atoms with Gasteiger partial charge in [0.25, 0.3) is 11.8 Å². The normalized spacial score (nSPS) is 11.0. The van der Waals surface area contributed by atoms with Gasteiger partial charge in [-0.1, -0.05) is 6.07 Å². The zero-order chi connectivity index (χ0) is 21.8. The van der Waals surface area contributed by atoms with Crippen LogP contribution in [0.2, 0.25) is 0 Å². The molecule has 156 valence electrons. The monoisotopic (exact) mass is 412 g/mol. The Bertz CT molecular complexity index is 904. The molecular formula is C19H19F3N2O5. The van der Waals surface area contributed by atoms with Gasteiger partial charge in [0.15, 0.2) is 18.1 Å². The number of benzene rings is 2. The summed E-state index contributed by atoms with van der Waals surface area (Å²) in [6.45, 7) is 0.886. The molecule has 2 rings (SSSR count). The number of amides is 2. The summed E-state index contributed by atoms with van der Waals surface area (Å²) >= 11 is 0. The number of ether oxygens (including phenoxy) is 3. The second-order valence-corrected chi connectivity index (χ2v) is 5.95. The lowest BCUT2D eigenvalue weighted by Crippen LogP contribution is -2.20. The largest absolute Gasteiger partial charge is 0.493 e. The molecule has 10 heteroatoms. The van der Waals surface area contributed by atoms with Gasteiger partial charge in [-0.2, -0.15) is 13.2 Å². The number of alkyl halides is 3. The Labute approximate surface area is 164 Å². The fourth-order valence-electron chi connectivity index (χ4n) is 2.50. The van der Waals surface area contributed by atoms with Gasteiger partial charge in [0.2, 0.25) is 5.75 Å². The maximum absolute atomic E-state index is 13.1. The van der Waals surface area contributed by atoms with Gasteiger partial charge >= 0.3 is 6.18 Å². The number of nitrogens with one attached hydrogen (secondary N) is 1. The molecule has 2 aromatic carbocycles. The summed E-state index contributed by atoms with van der Waals surface area (Å²) in [5, 5.41) is 2.41. The number of rotatable bonds is 7. The predicted molar refractivity (Wildman–Crippen MR) is 98.4 cm³/mol. The van der Waals surface area contributed by atoms with Crippen molar-refractivity contribution < 1.29 is 37.0 Å². The molecule has 0 aliphatic rings. The van der Waals surface area contributed by atoms with Crippen LogP contribution in [-0.2, 0) is 11.0 Å². The molecule has 0 saturated heterocycles. The van der Waals surface area contributed by atoms with Crippen LogP contribution in [0.25, 0.3) is 0 Å². The van der Waals surface area contributed by atoms with E-state index in [2.05, 4.69) is 5.32 Å². The van der Waals surface area contributed by atoms with Crippen LogP contribution >= 0.6 is 0 Å². The molecule has 0 unspecified atom stereocenters. The number of halogens is 3. The highest BCUT2D eigenvalue weighted by Gasteiger charge is 2.32. The van der Waals surface area contributed by atoms with E-state index < -0.39 is 30.2 Å². The first-order valence-corrected chi connectivity index (χ1v) is 8.23. The van der Waals surface area contributed by atoms with E-state index in [1.54, 1.807) is 0 Å². The lowest BCUT2D eigenvalue weighted by Gasteiger charge is -2.16. The minimum atomic E-state index is -4.54. The number of methoxy groups -OCH3 is 2. The van der Waals surface area contributed by atoms with Crippen molar-refractivity contribution in [2.24, 2.45) is 5.73 Å². The zero-order valence-corrected chi connectivity index (χ0v) is 15.8. The second kappa shape index (κ2) is 8.72. The SMILES string of the molecule is COc1cc(C(=O)Nc2ccc(C)c(C(F)(F)F)c2)cc(OC)c1OCC(N)=O. The Morgan fingerprint density at radius 3 is 2.14 bits per heavy atom. The number of carbonyl (C=O) groups excluding carboxylic acids is 2. The molecule has 7 nitrogen and oxygen atoms in total. The third-order valence-electron chi connectivity index (χ3n) is 3.88. The third kappa shape index (κ3) is 5.31. The molecular weight excluding hydrogens is 393 g/mol. The summed E-state index contributed by atoms with van der Waals surface area (Å²) in [6.07, 6.45) is -4.54. The van der Waals surface area contributed by atoms with Crippen molar-refractivity contribution in [3.05, 3.63) is 47.0 Å². The molecule has 0 aliphatic carbocycles. The predicted octanol–water partition coefficient (Wildman–Crippen LogP) is 3.15. The first-order valence-electron chi connectivity index (χ1n) is 8.23. The number of hydrogen-bond acceptors (Lipinski definition) is 5. The van der Waals surface area contributed by atoms with E-state index in [9.17, 15) is 22.8 Å². The van der Waals surface area contributed by atoms with E-state index in [0.29, 0.717) is 0 Å². The van der Waals surface area contributed by atoms with E-state index in [0.717, 1.165) is 6.07 Å². The smallest absolute Gasteiger partial charge is 0.416 e. The Hall–Kier alpha value is -3.43. The average Bonchev–Trinajstić information content (AvgIpc) is 2.65. The number of nitrogens with two attached hydrogens (primary N) is 1. The van der Waals surface area contributed by atoms with Crippen molar-refractivity contribution in [3.63, 3.8) is 0 Å². The van der Waals surface area contributed by atoms with Crippen LogP contribution in [-0.4, -0.2) is 32.6 Å². The summed E-state index contributed by atoms with van der Waals surface area (Å²) in [4.78, 5) is 23.5. The van der Waals surface area contributed by atoms with Crippen LogP contribution in [0.4, 0.5) is 18.9 Å². The summed E-state index contributed by atoms with van der Waals surface area (Å²) in [6, 6.07) is 6.08. The lowest BCUT2D eigenvalue weighted by atomic mass is 10.1. The molecule has 2 aromatic rings. The van der Waals surface area contributed by atoms with Crippen LogP contribution in [0.5, 0.6) is 17.2 Å². The molecule has 0 heterocycles. The van der Waals surface area contributed by atoms with Gasteiger partial charge in [-0.15, -0.1) is 0 Å². The molecule has 0 saturated carbocycles. The molecule has 0 aromatic heterocycles. The van der Waals surface area contributed by atoms with Crippen molar-refractivity contribution in [2.75, 3.05) is 26.1 Å². The van der Waals surface area contributed by atoms with Gasteiger partial charge in [-0.25, -0.2) is 0 Å².